The van der Waals surface area contributed by atoms with E-state index in [4.69, 9.17) is 25.4 Å². The lowest BCUT2D eigenvalue weighted by Gasteiger charge is -2.32. The van der Waals surface area contributed by atoms with E-state index >= 15 is 0 Å². The van der Waals surface area contributed by atoms with E-state index in [0.717, 1.165) is 87.8 Å². The second-order valence-electron chi connectivity index (χ2n) is 11.8. The summed E-state index contributed by atoms with van der Waals surface area (Å²) in [6, 6.07) is 1.66. The highest BCUT2D eigenvalue weighted by Gasteiger charge is 2.26. The van der Waals surface area contributed by atoms with Crippen molar-refractivity contribution in [3.63, 3.8) is 0 Å². The Kier molecular flexibility index (Phi) is 10.1. The van der Waals surface area contributed by atoms with Gasteiger partial charge in [0.25, 0.3) is 0 Å². The predicted octanol–water partition coefficient (Wildman–Crippen LogP) is 5.10. The summed E-state index contributed by atoms with van der Waals surface area (Å²) >= 11 is 0. The van der Waals surface area contributed by atoms with E-state index in [1.54, 1.807) is 0 Å². The van der Waals surface area contributed by atoms with Gasteiger partial charge in [-0.25, -0.2) is 4.98 Å². The van der Waals surface area contributed by atoms with Crippen molar-refractivity contribution in [3.8, 4) is 0 Å². The third kappa shape index (κ3) is 7.36. The average molecular weight is 527 g/mol. The van der Waals surface area contributed by atoms with Crippen LogP contribution < -0.4 is 16.4 Å². The molecule has 38 heavy (non-hydrogen) atoms. The van der Waals surface area contributed by atoms with Crippen LogP contribution >= 0.6 is 0 Å². The molecule has 3 fully saturated rings. The van der Waals surface area contributed by atoms with Crippen molar-refractivity contribution in [1.29, 1.82) is 0 Å². The Morgan fingerprint density at radius 2 is 1.63 bits per heavy atom. The Labute approximate surface area is 228 Å². The summed E-state index contributed by atoms with van der Waals surface area (Å²) in [7, 11) is 0. The number of nitrogens with one attached hydrogen (secondary N) is 2. The maximum atomic E-state index is 6.15. The smallest absolute Gasteiger partial charge is 0.227 e. The molecule has 0 bridgehead atoms. The maximum Gasteiger partial charge on any atom is 0.227 e. The molecule has 212 valence electrons. The molecule has 0 amide bonds. The number of rotatable bonds is 13. The fourth-order valence-electron chi connectivity index (χ4n) is 6.51. The van der Waals surface area contributed by atoms with Crippen molar-refractivity contribution in [2.45, 2.75) is 121 Å². The summed E-state index contributed by atoms with van der Waals surface area (Å²) in [6.45, 7) is 7.32. The van der Waals surface area contributed by atoms with Gasteiger partial charge in [0.05, 0.1) is 6.33 Å². The van der Waals surface area contributed by atoms with E-state index in [0.29, 0.717) is 24.2 Å². The first kappa shape index (κ1) is 27.6. The lowest BCUT2D eigenvalue weighted by Crippen LogP contribution is -2.39. The summed E-state index contributed by atoms with van der Waals surface area (Å²) in [5.41, 5.74) is 8.04. The molecular formula is C29H50N8O. The van der Waals surface area contributed by atoms with E-state index in [2.05, 4.69) is 27.0 Å². The number of ether oxygens (including phenoxy) is 1. The lowest BCUT2D eigenvalue weighted by molar-refractivity contribution is 0.142. The number of anilines is 2. The van der Waals surface area contributed by atoms with Gasteiger partial charge in [-0.1, -0.05) is 25.7 Å². The second-order valence-corrected chi connectivity index (χ2v) is 11.8. The number of imidazole rings is 1. The van der Waals surface area contributed by atoms with Gasteiger partial charge in [0.15, 0.2) is 17.0 Å². The van der Waals surface area contributed by atoms with Crippen LogP contribution in [0.15, 0.2) is 6.33 Å². The zero-order chi connectivity index (χ0) is 26.2. The van der Waals surface area contributed by atoms with Crippen molar-refractivity contribution >= 4 is 22.9 Å². The van der Waals surface area contributed by atoms with Gasteiger partial charge < -0.3 is 30.6 Å². The van der Waals surface area contributed by atoms with Gasteiger partial charge in [-0.3, -0.25) is 0 Å². The van der Waals surface area contributed by atoms with Crippen LogP contribution in [0.25, 0.3) is 11.2 Å². The Bertz CT molecular complexity index is 974. The number of hydrogen-bond donors (Lipinski definition) is 3. The van der Waals surface area contributed by atoms with Gasteiger partial charge in [-0.05, 0) is 77.7 Å². The van der Waals surface area contributed by atoms with Crippen LogP contribution in [0.5, 0.6) is 0 Å². The Balaban J connectivity index is 1.19. The van der Waals surface area contributed by atoms with Crippen LogP contribution in [0.3, 0.4) is 0 Å². The molecule has 0 aromatic carbocycles. The molecular weight excluding hydrogens is 476 g/mol. The first-order valence-corrected chi connectivity index (χ1v) is 15.5. The van der Waals surface area contributed by atoms with Gasteiger partial charge in [-0.15, -0.1) is 0 Å². The van der Waals surface area contributed by atoms with Gasteiger partial charge in [-0.2, -0.15) is 9.97 Å². The standard InChI is InChI=1S/C29H50N8O/c1-2-38-20-8-4-3-7-17-36-18-15-24(16-19-36)32-27-26-28(37(21-31-26)25-9-5-6-10-25)35-29(34-27)33-23-13-11-22(30)12-14-23/h21-25H,2-20,30H2,1H3,(H2,32,33,34,35). The number of likely N-dealkylation sites (tertiary alicyclic amines) is 1. The average Bonchev–Trinajstić information content (AvgIpc) is 3.61. The SMILES string of the molecule is CCOCCCCCCN1CCC(Nc2nc(NC3CCC(N)CC3)nc3c2ncn3C2CCCC2)CC1. The minimum atomic E-state index is 0.337. The number of piperidine rings is 1. The minimum Gasteiger partial charge on any atom is -0.382 e. The highest BCUT2D eigenvalue weighted by atomic mass is 16.5. The summed E-state index contributed by atoms with van der Waals surface area (Å²) in [6.07, 6.45) is 18.6. The van der Waals surface area contributed by atoms with Crippen LogP contribution in [-0.4, -0.2) is 75.4 Å². The van der Waals surface area contributed by atoms with E-state index in [-0.39, 0.29) is 0 Å². The first-order chi connectivity index (χ1) is 18.7. The first-order valence-electron chi connectivity index (χ1n) is 15.5. The molecule has 0 unspecified atom stereocenters. The molecule has 9 heteroatoms. The molecule has 2 saturated carbocycles. The van der Waals surface area contributed by atoms with Crippen molar-refractivity contribution in [3.05, 3.63) is 6.33 Å². The molecule has 2 aromatic rings. The molecule has 0 radical (unpaired) electrons. The number of unbranched alkanes of at least 4 members (excludes halogenated alkanes) is 3. The van der Waals surface area contributed by atoms with Crippen LogP contribution in [0.2, 0.25) is 0 Å². The molecule has 3 heterocycles. The van der Waals surface area contributed by atoms with Crippen LogP contribution in [0, 0.1) is 0 Å². The molecule has 0 atom stereocenters. The molecule has 1 saturated heterocycles. The summed E-state index contributed by atoms with van der Waals surface area (Å²) in [5.74, 6) is 1.64. The number of nitrogens with zero attached hydrogens (tertiary/aromatic N) is 5. The van der Waals surface area contributed by atoms with Gasteiger partial charge in [0.1, 0.15) is 0 Å². The predicted molar refractivity (Wildman–Crippen MR) is 155 cm³/mol. The number of hydrogen-bond acceptors (Lipinski definition) is 8. The van der Waals surface area contributed by atoms with E-state index in [1.165, 1.54) is 57.9 Å². The minimum absolute atomic E-state index is 0.337. The topological polar surface area (TPSA) is 106 Å². The van der Waals surface area contributed by atoms with Gasteiger partial charge >= 0.3 is 0 Å². The fraction of sp³-hybridized carbons (Fsp3) is 0.828. The highest BCUT2D eigenvalue weighted by molar-refractivity contribution is 5.84. The Morgan fingerprint density at radius 3 is 2.39 bits per heavy atom. The molecule has 2 aromatic heterocycles. The van der Waals surface area contributed by atoms with Crippen LogP contribution in [0.1, 0.15) is 103 Å². The zero-order valence-corrected chi connectivity index (χ0v) is 23.5. The van der Waals surface area contributed by atoms with Gasteiger partial charge in [0, 0.05) is 50.5 Å². The zero-order valence-electron chi connectivity index (χ0n) is 23.5. The highest BCUT2D eigenvalue weighted by Crippen LogP contribution is 2.34. The molecule has 0 spiro atoms. The summed E-state index contributed by atoms with van der Waals surface area (Å²) in [4.78, 5) is 17.5. The molecule has 9 nitrogen and oxygen atoms in total. The number of fused-ring (bicyclic) bond motifs is 1. The summed E-state index contributed by atoms with van der Waals surface area (Å²) in [5, 5.41) is 7.46. The fourth-order valence-corrected chi connectivity index (χ4v) is 6.51. The number of aromatic nitrogens is 4. The molecule has 4 N–H and O–H groups in total. The molecule has 5 rings (SSSR count). The van der Waals surface area contributed by atoms with Crippen LogP contribution in [0.4, 0.5) is 11.8 Å². The lowest BCUT2D eigenvalue weighted by atomic mass is 9.92. The molecule has 3 aliphatic rings. The normalized spacial score (nSPS) is 23.8. The molecule has 2 aliphatic carbocycles. The van der Waals surface area contributed by atoms with Crippen LogP contribution in [-0.2, 0) is 4.74 Å². The van der Waals surface area contributed by atoms with E-state index in [9.17, 15) is 0 Å². The van der Waals surface area contributed by atoms with Crippen molar-refractivity contribution in [1.82, 2.24) is 24.4 Å². The number of nitrogens with two attached hydrogens (primary N) is 1. The monoisotopic (exact) mass is 526 g/mol. The summed E-state index contributed by atoms with van der Waals surface area (Å²) < 4.78 is 7.77. The van der Waals surface area contributed by atoms with Crippen molar-refractivity contribution < 1.29 is 4.74 Å². The van der Waals surface area contributed by atoms with Crippen molar-refractivity contribution in [2.24, 2.45) is 5.73 Å². The Morgan fingerprint density at radius 1 is 0.895 bits per heavy atom. The molecule has 1 aliphatic heterocycles. The third-order valence-corrected chi connectivity index (χ3v) is 8.89. The maximum absolute atomic E-state index is 6.15. The van der Waals surface area contributed by atoms with Crippen molar-refractivity contribution in [2.75, 3.05) is 43.5 Å². The Hall–Kier alpha value is -1.97. The van der Waals surface area contributed by atoms with E-state index < -0.39 is 0 Å². The largest absolute Gasteiger partial charge is 0.382 e. The third-order valence-electron chi connectivity index (χ3n) is 8.89. The van der Waals surface area contributed by atoms with E-state index in [1.807, 2.05) is 6.33 Å². The quantitative estimate of drug-likeness (QED) is 0.310. The van der Waals surface area contributed by atoms with Gasteiger partial charge in [0.2, 0.25) is 5.95 Å². The second kappa shape index (κ2) is 13.9.